The van der Waals surface area contributed by atoms with Gasteiger partial charge in [0.25, 0.3) is 0 Å². The molecular formula is C26H39N7. The highest BCUT2D eigenvalue weighted by Crippen LogP contribution is 2.23. The first kappa shape index (κ1) is 24.0. The minimum absolute atomic E-state index is 0.783. The van der Waals surface area contributed by atoms with Crippen LogP contribution in [0.3, 0.4) is 0 Å². The van der Waals surface area contributed by atoms with Gasteiger partial charge in [-0.3, -0.25) is 0 Å². The molecule has 1 aliphatic heterocycles. The summed E-state index contributed by atoms with van der Waals surface area (Å²) in [7, 11) is 0. The third-order valence-electron chi connectivity index (χ3n) is 6.08. The summed E-state index contributed by atoms with van der Waals surface area (Å²) in [5, 5.41) is 20.0. The quantitative estimate of drug-likeness (QED) is 0.337. The van der Waals surface area contributed by atoms with Gasteiger partial charge in [-0.2, -0.15) is 0 Å². The lowest BCUT2D eigenvalue weighted by Gasteiger charge is -2.09. The van der Waals surface area contributed by atoms with Crippen molar-refractivity contribution in [3.05, 3.63) is 47.8 Å². The van der Waals surface area contributed by atoms with Gasteiger partial charge in [0, 0.05) is 23.9 Å². The third kappa shape index (κ3) is 7.69. The summed E-state index contributed by atoms with van der Waals surface area (Å²) in [5.74, 6) is 0. The second kappa shape index (κ2) is 13.5. The van der Waals surface area contributed by atoms with Crippen LogP contribution in [0, 0.1) is 0 Å². The van der Waals surface area contributed by atoms with Crippen molar-refractivity contribution in [1.82, 2.24) is 36.6 Å². The lowest BCUT2D eigenvalue weighted by Crippen LogP contribution is -2.27. The molecule has 2 aromatic heterocycles. The Morgan fingerprint density at radius 2 is 0.758 bits per heavy atom. The minimum atomic E-state index is 0.783. The van der Waals surface area contributed by atoms with Gasteiger partial charge in [0.1, 0.15) is 0 Å². The molecule has 0 fully saturated rings. The highest BCUT2D eigenvalue weighted by molar-refractivity contribution is 6.02. The monoisotopic (exact) mass is 449 g/mol. The molecule has 3 aromatic rings. The van der Waals surface area contributed by atoms with Gasteiger partial charge in [0.05, 0.1) is 22.4 Å². The zero-order valence-corrected chi connectivity index (χ0v) is 19.8. The molecule has 178 valence electrons. The number of pyridine rings is 2. The van der Waals surface area contributed by atoms with Crippen molar-refractivity contribution in [3.63, 3.8) is 0 Å². The number of rotatable bonds is 0. The van der Waals surface area contributed by atoms with Gasteiger partial charge in [-0.25, -0.2) is 9.97 Å². The maximum absolute atomic E-state index is 4.97. The predicted molar refractivity (Wildman–Crippen MR) is 138 cm³/mol. The number of aromatic nitrogens is 2. The molecule has 4 bridgehead atoms. The first-order valence-corrected chi connectivity index (χ1v) is 12.6. The van der Waals surface area contributed by atoms with Crippen molar-refractivity contribution >= 4 is 21.8 Å². The summed E-state index contributed by atoms with van der Waals surface area (Å²) < 4.78 is 0. The maximum Gasteiger partial charge on any atom is 0.0968 e. The molecular weight excluding hydrogens is 410 g/mol. The molecule has 5 N–H and O–H groups in total. The fourth-order valence-corrected chi connectivity index (χ4v) is 4.21. The summed E-state index contributed by atoms with van der Waals surface area (Å²) >= 11 is 0. The van der Waals surface area contributed by atoms with Crippen molar-refractivity contribution in [3.8, 4) is 0 Å². The van der Waals surface area contributed by atoms with Gasteiger partial charge in [-0.05, 0) is 90.2 Å². The number of nitrogens with zero attached hydrogens (tertiary/aromatic N) is 2. The Labute approximate surface area is 197 Å². The van der Waals surface area contributed by atoms with E-state index in [4.69, 9.17) is 9.97 Å². The molecule has 0 aliphatic carbocycles. The highest BCUT2D eigenvalue weighted by atomic mass is 14.9. The van der Waals surface area contributed by atoms with Crippen LogP contribution in [0.1, 0.15) is 37.1 Å². The van der Waals surface area contributed by atoms with Crippen molar-refractivity contribution in [2.45, 2.75) is 38.8 Å². The number of benzene rings is 1. The topological polar surface area (TPSA) is 85.9 Å². The molecule has 7 heteroatoms. The second-order valence-corrected chi connectivity index (χ2v) is 8.83. The molecule has 0 radical (unpaired) electrons. The fraction of sp³-hybridized carbons (Fsp3) is 0.538. The smallest absolute Gasteiger partial charge is 0.0968 e. The van der Waals surface area contributed by atoms with Crippen molar-refractivity contribution in [1.29, 1.82) is 0 Å². The Bertz CT molecular complexity index is 912. The van der Waals surface area contributed by atoms with Crippen LogP contribution < -0.4 is 26.6 Å². The SMILES string of the molecule is c1cc2ccc3ccc4nc3c2nc1CNCCCNCCCNCCCNCCCNC4. The Morgan fingerprint density at radius 3 is 1.15 bits per heavy atom. The Hall–Kier alpha value is -2.16. The predicted octanol–water partition coefficient (Wildman–Crippen LogP) is 2.31. The molecule has 4 rings (SSSR count). The van der Waals surface area contributed by atoms with Crippen LogP contribution in [0.2, 0.25) is 0 Å². The molecule has 1 aliphatic rings. The molecule has 7 nitrogen and oxygen atoms in total. The number of hydrogen-bond acceptors (Lipinski definition) is 7. The van der Waals surface area contributed by atoms with Crippen LogP contribution in [-0.4, -0.2) is 62.3 Å². The van der Waals surface area contributed by atoms with Gasteiger partial charge in [0.15, 0.2) is 0 Å². The normalized spacial score (nSPS) is 19.0. The van der Waals surface area contributed by atoms with Gasteiger partial charge in [0.2, 0.25) is 0 Å². The Kier molecular flexibility index (Phi) is 9.83. The number of hydrogen-bond donors (Lipinski definition) is 5. The van der Waals surface area contributed by atoms with E-state index in [9.17, 15) is 0 Å². The number of nitrogens with one attached hydrogen (secondary N) is 5. The zero-order chi connectivity index (χ0) is 22.6. The lowest BCUT2D eigenvalue weighted by molar-refractivity contribution is 0.543. The van der Waals surface area contributed by atoms with E-state index < -0.39 is 0 Å². The Balaban J connectivity index is 1.41. The summed E-state index contributed by atoms with van der Waals surface area (Å²) in [6.45, 7) is 9.97. The van der Waals surface area contributed by atoms with Gasteiger partial charge in [-0.1, -0.05) is 24.3 Å². The van der Waals surface area contributed by atoms with E-state index in [1.54, 1.807) is 0 Å². The minimum Gasteiger partial charge on any atom is -0.317 e. The van der Waals surface area contributed by atoms with Crippen molar-refractivity contribution in [2.24, 2.45) is 0 Å². The van der Waals surface area contributed by atoms with E-state index in [0.29, 0.717) is 0 Å². The van der Waals surface area contributed by atoms with Crippen LogP contribution in [0.15, 0.2) is 36.4 Å². The van der Waals surface area contributed by atoms with Gasteiger partial charge >= 0.3 is 0 Å². The molecule has 0 amide bonds. The molecule has 0 unspecified atom stereocenters. The van der Waals surface area contributed by atoms with E-state index >= 15 is 0 Å². The second-order valence-electron chi connectivity index (χ2n) is 8.83. The molecule has 33 heavy (non-hydrogen) atoms. The van der Waals surface area contributed by atoms with Crippen LogP contribution in [0.5, 0.6) is 0 Å². The lowest BCUT2D eigenvalue weighted by atomic mass is 10.1. The first-order valence-electron chi connectivity index (χ1n) is 12.6. The standard InChI is InChI=1S/C26H39N7/c1-11-27-12-2-14-29-16-4-18-31-20-24-10-8-22-6-5-21-7-9-23(32-25(21)26(22)33-24)19-30-17-3-15-28-13-1/h5-10,27-31H,1-4,11-20H2. The highest BCUT2D eigenvalue weighted by Gasteiger charge is 2.07. The largest absolute Gasteiger partial charge is 0.317 e. The molecule has 3 heterocycles. The van der Waals surface area contributed by atoms with Crippen molar-refractivity contribution in [2.75, 3.05) is 52.4 Å². The van der Waals surface area contributed by atoms with E-state index in [-0.39, 0.29) is 0 Å². The average Bonchev–Trinajstić information content (AvgIpc) is 2.84. The van der Waals surface area contributed by atoms with Crippen LogP contribution in [-0.2, 0) is 13.1 Å². The molecule has 0 saturated heterocycles. The van der Waals surface area contributed by atoms with Crippen molar-refractivity contribution < 1.29 is 0 Å². The van der Waals surface area contributed by atoms with Gasteiger partial charge in [-0.15, -0.1) is 0 Å². The van der Waals surface area contributed by atoms with Crippen LogP contribution in [0.25, 0.3) is 21.8 Å². The summed E-state index contributed by atoms with van der Waals surface area (Å²) in [5.41, 5.74) is 4.13. The zero-order valence-electron chi connectivity index (χ0n) is 19.8. The summed E-state index contributed by atoms with van der Waals surface area (Å²) in [4.78, 5) is 9.94. The molecule has 0 atom stereocenters. The van der Waals surface area contributed by atoms with E-state index in [2.05, 4.69) is 63.0 Å². The van der Waals surface area contributed by atoms with E-state index in [1.165, 1.54) is 12.8 Å². The third-order valence-corrected chi connectivity index (χ3v) is 6.08. The van der Waals surface area contributed by atoms with E-state index in [1.807, 2.05) is 0 Å². The van der Waals surface area contributed by atoms with E-state index in [0.717, 1.165) is 111 Å². The fourth-order valence-electron chi connectivity index (χ4n) is 4.21. The summed E-state index contributed by atoms with van der Waals surface area (Å²) in [6.07, 6.45) is 4.59. The number of fused-ring (bicyclic) bond motifs is 2. The summed E-state index contributed by atoms with van der Waals surface area (Å²) in [6, 6.07) is 12.9. The average molecular weight is 450 g/mol. The molecule has 0 saturated carbocycles. The molecule has 1 aromatic carbocycles. The van der Waals surface area contributed by atoms with Gasteiger partial charge < -0.3 is 26.6 Å². The maximum atomic E-state index is 4.97. The van der Waals surface area contributed by atoms with Crippen LogP contribution >= 0.6 is 0 Å². The van der Waals surface area contributed by atoms with Crippen LogP contribution in [0.4, 0.5) is 0 Å². The molecule has 0 spiro atoms. The Morgan fingerprint density at radius 1 is 0.424 bits per heavy atom. The first-order chi connectivity index (χ1) is 16.4.